The van der Waals surface area contributed by atoms with E-state index in [1.807, 2.05) is 48.5 Å². The average Bonchev–Trinajstić information content (AvgIpc) is 2.46. The van der Waals surface area contributed by atoms with Gasteiger partial charge in [-0.25, -0.2) is 4.79 Å². The highest BCUT2D eigenvalue weighted by atomic mass is 16.2. The number of hydrogen-bond donors (Lipinski definition) is 4. The summed E-state index contributed by atoms with van der Waals surface area (Å²) in [7, 11) is 0. The molecule has 0 heterocycles. The molecule has 0 radical (unpaired) electrons. The summed E-state index contributed by atoms with van der Waals surface area (Å²) in [5, 5.41) is 13.0. The fourth-order valence-corrected chi connectivity index (χ4v) is 1.81. The second-order valence-electron chi connectivity index (χ2n) is 4.26. The largest absolute Gasteiger partial charge is 0.386 e. The van der Waals surface area contributed by atoms with Crippen molar-refractivity contribution < 1.29 is 4.79 Å². The van der Waals surface area contributed by atoms with Crippen LogP contribution in [-0.2, 0) is 0 Å². The zero-order valence-electron chi connectivity index (χ0n) is 10.8. The number of para-hydroxylation sites is 1. The second-order valence-corrected chi connectivity index (χ2v) is 4.26. The van der Waals surface area contributed by atoms with Crippen LogP contribution in [-0.4, -0.2) is 11.9 Å². The van der Waals surface area contributed by atoms with Gasteiger partial charge in [0.2, 0.25) is 0 Å². The first-order chi connectivity index (χ1) is 9.66. The third-order valence-electron chi connectivity index (χ3n) is 2.75. The third-order valence-corrected chi connectivity index (χ3v) is 2.75. The molecule has 5 nitrogen and oxygen atoms in total. The summed E-state index contributed by atoms with van der Waals surface area (Å²) in [6.07, 6.45) is 0. The first-order valence-corrected chi connectivity index (χ1v) is 6.18. The van der Waals surface area contributed by atoms with E-state index in [1.165, 1.54) is 0 Å². The Morgan fingerprint density at radius 1 is 1.00 bits per heavy atom. The van der Waals surface area contributed by atoms with Crippen molar-refractivity contribution in [3.63, 3.8) is 0 Å². The van der Waals surface area contributed by atoms with Crippen molar-refractivity contribution in [2.75, 3.05) is 5.32 Å². The number of rotatable bonds is 4. The molecule has 102 valence electrons. The van der Waals surface area contributed by atoms with Crippen molar-refractivity contribution in [2.45, 2.75) is 6.04 Å². The molecule has 0 aliphatic heterocycles. The Labute approximate surface area is 117 Å². The average molecular weight is 268 g/mol. The lowest BCUT2D eigenvalue weighted by Gasteiger charge is -2.18. The molecule has 0 aliphatic carbocycles. The predicted octanol–water partition coefficient (Wildman–Crippen LogP) is 2.49. The normalized spacial score (nSPS) is 11.4. The second kappa shape index (κ2) is 6.38. The molecule has 0 aromatic heterocycles. The number of amidine groups is 1. The molecule has 1 unspecified atom stereocenters. The summed E-state index contributed by atoms with van der Waals surface area (Å²) in [5.41, 5.74) is 7.00. The van der Waals surface area contributed by atoms with Gasteiger partial charge in [0.25, 0.3) is 0 Å². The van der Waals surface area contributed by atoms with E-state index in [0.29, 0.717) is 5.69 Å². The zero-order valence-corrected chi connectivity index (χ0v) is 10.8. The number of carbonyl (C=O) groups is 1. The van der Waals surface area contributed by atoms with Crippen LogP contribution in [0.25, 0.3) is 0 Å². The van der Waals surface area contributed by atoms with Gasteiger partial charge >= 0.3 is 6.03 Å². The first kappa shape index (κ1) is 13.6. The van der Waals surface area contributed by atoms with Gasteiger partial charge in [0.15, 0.2) is 0 Å². The highest BCUT2D eigenvalue weighted by molar-refractivity contribution is 5.94. The standard InChI is InChI=1S/C15H16N4O/c16-14(17)13(11-7-3-1-4-8-11)19-15(20)18-12-9-5-2-6-10-12/h1-10,13H,(H3,16,17)(H2,18,19,20). The van der Waals surface area contributed by atoms with Gasteiger partial charge in [0.05, 0.1) is 0 Å². The Kier molecular flexibility index (Phi) is 4.34. The van der Waals surface area contributed by atoms with Crippen LogP contribution in [0.1, 0.15) is 11.6 Å². The first-order valence-electron chi connectivity index (χ1n) is 6.18. The number of anilines is 1. The summed E-state index contributed by atoms with van der Waals surface area (Å²) in [4.78, 5) is 11.9. The molecule has 0 saturated heterocycles. The number of benzene rings is 2. The molecular formula is C15H16N4O. The number of hydrogen-bond acceptors (Lipinski definition) is 2. The molecule has 2 rings (SSSR count). The maximum atomic E-state index is 11.9. The summed E-state index contributed by atoms with van der Waals surface area (Å²) in [5.74, 6) is -0.112. The van der Waals surface area contributed by atoms with Gasteiger partial charge in [0, 0.05) is 5.69 Å². The topological polar surface area (TPSA) is 91.0 Å². The van der Waals surface area contributed by atoms with Crippen molar-refractivity contribution in [1.82, 2.24) is 5.32 Å². The lowest BCUT2D eigenvalue weighted by atomic mass is 10.1. The van der Waals surface area contributed by atoms with E-state index >= 15 is 0 Å². The van der Waals surface area contributed by atoms with Crippen molar-refractivity contribution in [1.29, 1.82) is 5.41 Å². The van der Waals surface area contributed by atoms with E-state index in [2.05, 4.69) is 10.6 Å². The quantitative estimate of drug-likeness (QED) is 0.507. The van der Waals surface area contributed by atoms with Gasteiger partial charge < -0.3 is 16.4 Å². The fourth-order valence-electron chi connectivity index (χ4n) is 1.81. The van der Waals surface area contributed by atoms with Crippen LogP contribution in [0.5, 0.6) is 0 Å². The van der Waals surface area contributed by atoms with Gasteiger partial charge in [-0.2, -0.15) is 0 Å². The predicted molar refractivity (Wildman–Crippen MR) is 79.7 cm³/mol. The maximum Gasteiger partial charge on any atom is 0.320 e. The van der Waals surface area contributed by atoms with Gasteiger partial charge in [0.1, 0.15) is 11.9 Å². The SMILES string of the molecule is N=C(N)C(NC(=O)Nc1ccccc1)c1ccccc1. The van der Waals surface area contributed by atoms with Gasteiger partial charge in [-0.3, -0.25) is 5.41 Å². The number of nitrogens with two attached hydrogens (primary N) is 1. The monoisotopic (exact) mass is 268 g/mol. The van der Waals surface area contributed by atoms with Crippen LogP contribution < -0.4 is 16.4 Å². The number of amides is 2. The van der Waals surface area contributed by atoms with E-state index < -0.39 is 12.1 Å². The molecule has 2 aromatic carbocycles. The Balaban J connectivity index is 2.06. The minimum atomic E-state index is -0.639. The van der Waals surface area contributed by atoms with Crippen molar-refractivity contribution in [3.8, 4) is 0 Å². The van der Waals surface area contributed by atoms with E-state index in [4.69, 9.17) is 11.1 Å². The van der Waals surface area contributed by atoms with Crippen LogP contribution in [0, 0.1) is 5.41 Å². The lowest BCUT2D eigenvalue weighted by Crippen LogP contribution is -2.39. The van der Waals surface area contributed by atoms with E-state index in [0.717, 1.165) is 5.56 Å². The minimum Gasteiger partial charge on any atom is -0.386 e. The summed E-state index contributed by atoms with van der Waals surface area (Å²) in [6.45, 7) is 0. The molecule has 5 N–H and O–H groups in total. The van der Waals surface area contributed by atoms with Gasteiger partial charge in [-0.05, 0) is 17.7 Å². The zero-order chi connectivity index (χ0) is 14.4. The van der Waals surface area contributed by atoms with Gasteiger partial charge in [-0.1, -0.05) is 48.5 Å². The summed E-state index contributed by atoms with van der Waals surface area (Å²) >= 11 is 0. The Bertz CT molecular complexity index is 583. The molecule has 20 heavy (non-hydrogen) atoms. The van der Waals surface area contributed by atoms with Crippen molar-refractivity contribution in [3.05, 3.63) is 66.2 Å². The third kappa shape index (κ3) is 3.58. The Morgan fingerprint density at radius 3 is 2.10 bits per heavy atom. The van der Waals surface area contributed by atoms with E-state index in [-0.39, 0.29) is 5.84 Å². The smallest absolute Gasteiger partial charge is 0.320 e. The number of urea groups is 1. The van der Waals surface area contributed by atoms with Crippen LogP contribution in [0.3, 0.4) is 0 Å². The van der Waals surface area contributed by atoms with Crippen LogP contribution in [0.15, 0.2) is 60.7 Å². The molecule has 0 aliphatic rings. The lowest BCUT2D eigenvalue weighted by molar-refractivity contribution is 0.251. The van der Waals surface area contributed by atoms with Crippen LogP contribution in [0.2, 0.25) is 0 Å². The molecule has 0 bridgehead atoms. The maximum absolute atomic E-state index is 11.9. The summed E-state index contributed by atoms with van der Waals surface area (Å²) < 4.78 is 0. The molecule has 0 saturated carbocycles. The molecule has 2 amide bonds. The van der Waals surface area contributed by atoms with Gasteiger partial charge in [-0.15, -0.1) is 0 Å². The van der Waals surface area contributed by atoms with E-state index in [9.17, 15) is 4.79 Å². The number of nitrogens with one attached hydrogen (secondary N) is 3. The molecular weight excluding hydrogens is 252 g/mol. The molecule has 2 aromatic rings. The highest BCUT2D eigenvalue weighted by Crippen LogP contribution is 2.12. The molecule has 0 spiro atoms. The molecule has 0 fully saturated rings. The van der Waals surface area contributed by atoms with Crippen molar-refractivity contribution >= 4 is 17.6 Å². The van der Waals surface area contributed by atoms with E-state index in [1.54, 1.807) is 12.1 Å². The molecule has 1 atom stereocenters. The van der Waals surface area contributed by atoms with Crippen LogP contribution in [0.4, 0.5) is 10.5 Å². The Hall–Kier alpha value is -2.82. The highest BCUT2D eigenvalue weighted by Gasteiger charge is 2.17. The summed E-state index contributed by atoms with van der Waals surface area (Å²) in [6, 6.07) is 17.2. The van der Waals surface area contributed by atoms with Crippen LogP contribution >= 0.6 is 0 Å². The minimum absolute atomic E-state index is 0.112. The fraction of sp³-hybridized carbons (Fsp3) is 0.0667. The Morgan fingerprint density at radius 2 is 1.55 bits per heavy atom. The van der Waals surface area contributed by atoms with Crippen molar-refractivity contribution in [2.24, 2.45) is 5.73 Å². The molecule has 5 heteroatoms. The number of carbonyl (C=O) groups excluding carboxylic acids is 1.